The van der Waals surface area contributed by atoms with Crippen LogP contribution in [0.5, 0.6) is 11.5 Å². The molecule has 1 aromatic carbocycles. The summed E-state index contributed by atoms with van der Waals surface area (Å²) in [5, 5.41) is 0. The molecule has 1 aromatic rings. The summed E-state index contributed by atoms with van der Waals surface area (Å²) in [6, 6.07) is 5.25. The highest BCUT2D eigenvalue weighted by molar-refractivity contribution is 5.83. The molecule has 0 aliphatic carbocycles. The van der Waals surface area contributed by atoms with Gasteiger partial charge in [0.15, 0.2) is 0 Å². The molecule has 154 valence electrons. The van der Waals surface area contributed by atoms with Gasteiger partial charge >= 0.3 is 5.97 Å². The number of esters is 1. The molecule has 0 radical (unpaired) electrons. The summed E-state index contributed by atoms with van der Waals surface area (Å²) >= 11 is 0. The molecule has 3 unspecified atom stereocenters. The van der Waals surface area contributed by atoms with Crippen molar-refractivity contribution in [3.05, 3.63) is 23.8 Å². The van der Waals surface area contributed by atoms with Crippen LogP contribution in [-0.4, -0.2) is 56.7 Å². The minimum atomic E-state index is -0.349. The van der Waals surface area contributed by atoms with Crippen LogP contribution >= 0.6 is 0 Å². The van der Waals surface area contributed by atoms with Gasteiger partial charge in [0.2, 0.25) is 5.91 Å². The number of likely N-dealkylation sites (tertiary alicyclic amines) is 1. The van der Waals surface area contributed by atoms with E-state index in [0.29, 0.717) is 31.9 Å². The zero-order valence-corrected chi connectivity index (χ0v) is 16.7. The molecule has 2 heterocycles. The first-order valence-electron chi connectivity index (χ1n) is 9.75. The summed E-state index contributed by atoms with van der Waals surface area (Å²) in [5.74, 6) is 1.00. The van der Waals surface area contributed by atoms with Gasteiger partial charge < -0.3 is 19.1 Å². The van der Waals surface area contributed by atoms with Gasteiger partial charge in [-0.05, 0) is 32.3 Å². The van der Waals surface area contributed by atoms with Crippen LogP contribution in [0.1, 0.15) is 37.8 Å². The third-order valence-corrected chi connectivity index (χ3v) is 5.37. The first kappa shape index (κ1) is 20.4. The summed E-state index contributed by atoms with van der Waals surface area (Å²) in [4.78, 5) is 26.8. The molecule has 8 heteroatoms. The molecule has 3 atom stereocenters. The molecule has 2 saturated heterocycles. The Labute approximate surface area is 165 Å². The minimum Gasteiger partial charge on any atom is -0.497 e. The van der Waals surface area contributed by atoms with E-state index in [2.05, 4.69) is 10.9 Å². The van der Waals surface area contributed by atoms with Gasteiger partial charge in [0.25, 0.3) is 0 Å². The fraction of sp³-hybridized carbons (Fsp3) is 0.600. The van der Waals surface area contributed by atoms with E-state index in [-0.39, 0.29) is 29.9 Å². The predicted molar refractivity (Wildman–Crippen MR) is 103 cm³/mol. The van der Waals surface area contributed by atoms with E-state index in [4.69, 9.17) is 14.2 Å². The Morgan fingerprint density at radius 2 is 2.04 bits per heavy atom. The second-order valence-corrected chi connectivity index (χ2v) is 7.11. The smallest absolute Gasteiger partial charge is 0.310 e. The van der Waals surface area contributed by atoms with Crippen LogP contribution in [0.4, 0.5) is 0 Å². The molecule has 8 nitrogen and oxygen atoms in total. The van der Waals surface area contributed by atoms with E-state index in [9.17, 15) is 9.59 Å². The van der Waals surface area contributed by atoms with Crippen molar-refractivity contribution in [2.24, 2.45) is 5.92 Å². The fourth-order valence-corrected chi connectivity index (χ4v) is 3.88. The average Bonchev–Trinajstić information content (AvgIpc) is 3.23. The SMILES string of the molecule is CCOC(=O)C1CCCN(C(=O)C2CC(c3ccc(OC)cc3OC)NN2)C1. The summed E-state index contributed by atoms with van der Waals surface area (Å²) in [6.45, 7) is 3.25. The van der Waals surface area contributed by atoms with Gasteiger partial charge in [-0.25, -0.2) is 10.9 Å². The van der Waals surface area contributed by atoms with E-state index < -0.39 is 0 Å². The molecule has 3 rings (SSSR count). The van der Waals surface area contributed by atoms with Crippen molar-refractivity contribution in [3.8, 4) is 11.5 Å². The van der Waals surface area contributed by atoms with Gasteiger partial charge in [-0.15, -0.1) is 0 Å². The monoisotopic (exact) mass is 391 g/mol. The normalized spacial score (nSPS) is 24.7. The zero-order chi connectivity index (χ0) is 20.1. The number of ether oxygens (including phenoxy) is 3. The van der Waals surface area contributed by atoms with Crippen molar-refractivity contribution >= 4 is 11.9 Å². The predicted octanol–water partition coefficient (Wildman–Crippen LogP) is 1.41. The third-order valence-electron chi connectivity index (χ3n) is 5.37. The molecule has 0 spiro atoms. The fourth-order valence-electron chi connectivity index (χ4n) is 3.88. The van der Waals surface area contributed by atoms with Crippen LogP contribution in [0.15, 0.2) is 18.2 Å². The third kappa shape index (κ3) is 4.39. The lowest BCUT2D eigenvalue weighted by atomic mass is 9.96. The lowest BCUT2D eigenvalue weighted by Gasteiger charge is -2.33. The van der Waals surface area contributed by atoms with E-state index in [0.717, 1.165) is 24.2 Å². The van der Waals surface area contributed by atoms with Gasteiger partial charge in [-0.1, -0.05) is 6.07 Å². The number of piperidine rings is 1. The van der Waals surface area contributed by atoms with Gasteiger partial charge in [-0.3, -0.25) is 9.59 Å². The zero-order valence-electron chi connectivity index (χ0n) is 16.7. The number of hydrogen-bond acceptors (Lipinski definition) is 7. The Kier molecular flexibility index (Phi) is 6.74. The number of hydrogen-bond donors (Lipinski definition) is 2. The molecule has 2 aliphatic rings. The molecule has 28 heavy (non-hydrogen) atoms. The van der Waals surface area contributed by atoms with Gasteiger partial charge in [0.05, 0.1) is 32.8 Å². The molecule has 1 amide bonds. The molecular formula is C20H29N3O5. The Morgan fingerprint density at radius 1 is 1.21 bits per heavy atom. The van der Waals surface area contributed by atoms with Crippen molar-refractivity contribution in [1.29, 1.82) is 0 Å². The van der Waals surface area contributed by atoms with Crippen LogP contribution < -0.4 is 20.3 Å². The second kappa shape index (κ2) is 9.25. The van der Waals surface area contributed by atoms with E-state index in [1.807, 2.05) is 18.2 Å². The Hall–Kier alpha value is -2.32. The van der Waals surface area contributed by atoms with Crippen molar-refractivity contribution < 1.29 is 23.8 Å². The lowest BCUT2D eigenvalue weighted by Crippen LogP contribution is -2.50. The van der Waals surface area contributed by atoms with Crippen LogP contribution in [0.3, 0.4) is 0 Å². The van der Waals surface area contributed by atoms with Crippen molar-refractivity contribution in [2.45, 2.75) is 38.3 Å². The first-order valence-corrected chi connectivity index (χ1v) is 9.75. The van der Waals surface area contributed by atoms with Gasteiger partial charge in [-0.2, -0.15) is 0 Å². The average molecular weight is 391 g/mol. The maximum Gasteiger partial charge on any atom is 0.310 e. The quantitative estimate of drug-likeness (QED) is 0.709. The Bertz CT molecular complexity index is 711. The highest BCUT2D eigenvalue weighted by Gasteiger charge is 2.37. The standard InChI is InChI=1S/C20H29N3O5/c1-4-28-20(25)13-6-5-9-23(12-13)19(24)17-11-16(21-22-17)15-8-7-14(26-2)10-18(15)27-3/h7-8,10,13,16-17,21-22H,4-6,9,11-12H2,1-3H3. The van der Waals surface area contributed by atoms with Gasteiger partial charge in [0.1, 0.15) is 17.5 Å². The molecule has 2 fully saturated rings. The maximum atomic E-state index is 13.0. The number of benzene rings is 1. The van der Waals surface area contributed by atoms with Gasteiger partial charge in [0, 0.05) is 24.7 Å². The van der Waals surface area contributed by atoms with E-state index >= 15 is 0 Å². The second-order valence-electron chi connectivity index (χ2n) is 7.11. The molecular weight excluding hydrogens is 362 g/mol. The number of nitrogens with one attached hydrogen (secondary N) is 2. The number of carbonyl (C=O) groups excluding carboxylic acids is 2. The number of amides is 1. The Balaban J connectivity index is 1.63. The van der Waals surface area contributed by atoms with Crippen LogP contribution in [-0.2, 0) is 14.3 Å². The highest BCUT2D eigenvalue weighted by Crippen LogP contribution is 2.33. The number of nitrogens with zero attached hydrogens (tertiary/aromatic N) is 1. The number of methoxy groups -OCH3 is 2. The summed E-state index contributed by atoms with van der Waals surface area (Å²) in [5.41, 5.74) is 7.27. The number of carbonyl (C=O) groups is 2. The topological polar surface area (TPSA) is 89.1 Å². The Morgan fingerprint density at radius 3 is 2.75 bits per heavy atom. The van der Waals surface area contributed by atoms with Crippen LogP contribution in [0, 0.1) is 5.92 Å². The van der Waals surface area contributed by atoms with Crippen molar-refractivity contribution in [3.63, 3.8) is 0 Å². The largest absolute Gasteiger partial charge is 0.497 e. The number of rotatable bonds is 6. The van der Waals surface area contributed by atoms with E-state index in [1.54, 1.807) is 26.0 Å². The molecule has 0 bridgehead atoms. The molecule has 0 saturated carbocycles. The van der Waals surface area contributed by atoms with Crippen LogP contribution in [0.25, 0.3) is 0 Å². The molecule has 2 N–H and O–H groups in total. The lowest BCUT2D eigenvalue weighted by molar-refractivity contribution is -0.151. The maximum absolute atomic E-state index is 13.0. The first-order chi connectivity index (χ1) is 13.6. The van der Waals surface area contributed by atoms with Crippen molar-refractivity contribution in [1.82, 2.24) is 15.8 Å². The summed E-state index contributed by atoms with van der Waals surface area (Å²) in [7, 11) is 3.23. The highest BCUT2D eigenvalue weighted by atomic mass is 16.5. The summed E-state index contributed by atoms with van der Waals surface area (Å²) in [6.07, 6.45) is 2.18. The molecule has 0 aromatic heterocycles. The van der Waals surface area contributed by atoms with E-state index in [1.165, 1.54) is 0 Å². The van der Waals surface area contributed by atoms with Crippen molar-refractivity contribution in [2.75, 3.05) is 33.9 Å². The molecule has 2 aliphatic heterocycles. The summed E-state index contributed by atoms with van der Waals surface area (Å²) < 4.78 is 15.9. The number of hydrazine groups is 1. The van der Waals surface area contributed by atoms with Crippen LogP contribution in [0.2, 0.25) is 0 Å². The minimum absolute atomic E-state index is 0.0106.